The maximum absolute atomic E-state index is 7.33. The number of benzene rings is 7. The molecule has 0 atom stereocenters. The average Bonchev–Trinajstić information content (AvgIpc) is 4.04. The molecule has 0 spiro atoms. The number of fused-ring (bicyclic) bond motifs is 8. The van der Waals surface area contributed by atoms with Crippen molar-refractivity contribution in [2.45, 2.75) is 86.0 Å². The highest BCUT2D eigenvalue weighted by atomic mass is 16.4. The Hall–Kier alpha value is -7.18. The van der Waals surface area contributed by atoms with Crippen LogP contribution in [0.4, 0.5) is 34.3 Å². The maximum Gasteiger partial charge on any atom is 0.257 e. The Morgan fingerprint density at radius 2 is 1.07 bits per heavy atom. The van der Waals surface area contributed by atoms with Crippen LogP contribution < -0.4 is 26.2 Å². The van der Waals surface area contributed by atoms with E-state index in [4.69, 9.17) is 13.3 Å². The standard InChI is InChI=1S/C61H55BN2O3/c1-35(2)42-30-49-57-50(31-42)64(58-36(3)27-44(28-37(58)4)61(8,9)10)59-56(46-34-43(60(5,6)7)22-26-53(46)67-59)62(57)47-29-41(55-33-40-16-12-14-18-52(40)66-55)21-25-48(47)63(49)45-23-19-38(20-24-45)54-32-39-15-11-13-17-51(39)65-54/h11-35H,1-10H3. The van der Waals surface area contributed by atoms with E-state index >= 15 is 0 Å². The highest BCUT2D eigenvalue weighted by Gasteiger charge is 2.47. The summed E-state index contributed by atoms with van der Waals surface area (Å²) in [5.41, 5.74) is 20.3. The molecule has 2 aliphatic rings. The summed E-state index contributed by atoms with van der Waals surface area (Å²) >= 11 is 0. The second kappa shape index (κ2) is 14.7. The fourth-order valence-corrected chi connectivity index (χ4v) is 10.8. The Morgan fingerprint density at radius 3 is 1.67 bits per heavy atom. The SMILES string of the molecule is Cc1cc(C(C)(C)C)cc(C)c1N1c2cc(C(C)C)cc3c2B(c2cc(-c4cc5ccccc5o4)ccc2N3c2ccc(-c3cc4ccccc4o3)cc2)c2c1oc1ccc(C(C)(C)C)cc21. The highest BCUT2D eigenvalue weighted by molar-refractivity contribution is 7.01. The summed E-state index contributed by atoms with van der Waals surface area (Å²) in [5, 5.41) is 3.33. The number of rotatable bonds is 5. The largest absolute Gasteiger partial charge is 0.456 e. The molecule has 5 heterocycles. The van der Waals surface area contributed by atoms with Gasteiger partial charge in [-0.2, -0.15) is 0 Å². The van der Waals surface area contributed by atoms with Crippen LogP contribution in [0.2, 0.25) is 0 Å². The summed E-state index contributed by atoms with van der Waals surface area (Å²) < 4.78 is 20.3. The molecule has 0 aliphatic carbocycles. The summed E-state index contributed by atoms with van der Waals surface area (Å²) in [4.78, 5) is 4.97. The van der Waals surface area contributed by atoms with Crippen LogP contribution in [-0.2, 0) is 10.8 Å². The third kappa shape index (κ3) is 6.51. The predicted molar refractivity (Wildman–Crippen MR) is 282 cm³/mol. The molecule has 0 amide bonds. The predicted octanol–water partition coefficient (Wildman–Crippen LogP) is 15.7. The first kappa shape index (κ1) is 41.3. The fraction of sp³-hybridized carbons (Fsp3) is 0.213. The van der Waals surface area contributed by atoms with Crippen molar-refractivity contribution in [2.75, 3.05) is 9.80 Å². The van der Waals surface area contributed by atoms with Crippen LogP contribution >= 0.6 is 0 Å². The third-order valence-corrected chi connectivity index (χ3v) is 14.4. The smallest absolute Gasteiger partial charge is 0.257 e. The normalized spacial score (nSPS) is 13.6. The number of hydrogen-bond acceptors (Lipinski definition) is 5. The Balaban J connectivity index is 1.17. The zero-order chi connectivity index (χ0) is 46.3. The molecule has 7 aromatic carbocycles. The van der Waals surface area contributed by atoms with Crippen LogP contribution in [0.25, 0.3) is 55.6 Å². The number of furan rings is 3. The van der Waals surface area contributed by atoms with Gasteiger partial charge >= 0.3 is 0 Å². The number of aryl methyl sites for hydroxylation is 2. The zero-order valence-corrected chi connectivity index (χ0v) is 40.1. The van der Waals surface area contributed by atoms with Crippen LogP contribution in [0.15, 0.2) is 159 Å². The van der Waals surface area contributed by atoms with Gasteiger partial charge in [0.2, 0.25) is 5.88 Å². The van der Waals surface area contributed by atoms with Gasteiger partial charge in [0.25, 0.3) is 6.71 Å². The lowest BCUT2D eigenvalue weighted by atomic mass is 9.33. The van der Waals surface area contributed by atoms with E-state index in [1.807, 2.05) is 24.3 Å². The first-order valence-corrected chi connectivity index (χ1v) is 23.8. The highest BCUT2D eigenvalue weighted by Crippen LogP contribution is 2.50. The number of nitrogens with zero attached hydrogens (tertiary/aromatic N) is 2. The van der Waals surface area contributed by atoms with E-state index in [0.29, 0.717) is 0 Å². The molecule has 3 aromatic heterocycles. The minimum atomic E-state index is -0.159. The zero-order valence-electron chi connectivity index (χ0n) is 40.1. The third-order valence-electron chi connectivity index (χ3n) is 14.4. The molecule has 12 rings (SSSR count). The van der Waals surface area contributed by atoms with Gasteiger partial charge in [-0.05, 0) is 154 Å². The van der Waals surface area contributed by atoms with Gasteiger partial charge in [-0.3, -0.25) is 4.90 Å². The molecule has 67 heavy (non-hydrogen) atoms. The molecule has 2 aliphatic heterocycles. The Labute approximate surface area is 393 Å². The number of hydrogen-bond donors (Lipinski definition) is 0. The van der Waals surface area contributed by atoms with Gasteiger partial charge in [0.1, 0.15) is 28.3 Å². The van der Waals surface area contributed by atoms with Crippen molar-refractivity contribution in [1.82, 2.24) is 0 Å². The first-order valence-electron chi connectivity index (χ1n) is 23.8. The maximum atomic E-state index is 7.33. The van der Waals surface area contributed by atoms with Gasteiger partial charge in [-0.1, -0.05) is 116 Å². The van der Waals surface area contributed by atoms with Gasteiger partial charge in [-0.15, -0.1) is 0 Å². The molecular formula is C61H55BN2O3. The molecular weight excluding hydrogens is 819 g/mol. The molecule has 0 bridgehead atoms. The lowest BCUT2D eigenvalue weighted by Crippen LogP contribution is -2.61. The van der Waals surface area contributed by atoms with Crippen LogP contribution in [0.5, 0.6) is 0 Å². The average molecular weight is 875 g/mol. The summed E-state index contributed by atoms with van der Waals surface area (Å²) in [5.74, 6) is 2.84. The second-order valence-electron chi connectivity index (χ2n) is 21.3. The van der Waals surface area contributed by atoms with Crippen LogP contribution in [-0.4, -0.2) is 6.71 Å². The Morgan fingerprint density at radius 1 is 0.493 bits per heavy atom. The molecule has 0 fully saturated rings. The quantitative estimate of drug-likeness (QED) is 0.161. The number of anilines is 6. The Kier molecular flexibility index (Phi) is 9.03. The molecule has 0 unspecified atom stereocenters. The van der Waals surface area contributed by atoms with E-state index in [1.54, 1.807) is 0 Å². The van der Waals surface area contributed by atoms with Crippen molar-refractivity contribution in [3.05, 3.63) is 173 Å². The molecule has 0 saturated carbocycles. The van der Waals surface area contributed by atoms with Crippen molar-refractivity contribution in [3.8, 4) is 22.6 Å². The van der Waals surface area contributed by atoms with Crippen molar-refractivity contribution in [1.29, 1.82) is 0 Å². The monoisotopic (exact) mass is 874 g/mol. The minimum Gasteiger partial charge on any atom is -0.456 e. The van der Waals surface area contributed by atoms with Crippen LogP contribution in [0.1, 0.15) is 89.1 Å². The number of para-hydroxylation sites is 2. The molecule has 330 valence electrons. The fourth-order valence-electron chi connectivity index (χ4n) is 10.8. The van der Waals surface area contributed by atoms with Gasteiger partial charge < -0.3 is 18.2 Å². The van der Waals surface area contributed by atoms with Crippen LogP contribution in [0, 0.1) is 13.8 Å². The molecule has 10 aromatic rings. The first-order chi connectivity index (χ1) is 32.1. The van der Waals surface area contributed by atoms with Gasteiger partial charge in [0.15, 0.2) is 0 Å². The topological polar surface area (TPSA) is 45.9 Å². The van der Waals surface area contributed by atoms with E-state index in [2.05, 4.69) is 200 Å². The van der Waals surface area contributed by atoms with E-state index in [9.17, 15) is 0 Å². The minimum absolute atomic E-state index is 0.00658. The van der Waals surface area contributed by atoms with Gasteiger partial charge in [0, 0.05) is 55.5 Å². The van der Waals surface area contributed by atoms with Gasteiger partial charge in [0.05, 0.1) is 5.69 Å². The van der Waals surface area contributed by atoms with E-state index in [1.165, 1.54) is 49.9 Å². The van der Waals surface area contributed by atoms with Crippen molar-refractivity contribution in [3.63, 3.8) is 0 Å². The molecule has 0 N–H and O–H groups in total. The van der Waals surface area contributed by atoms with E-state index in [-0.39, 0.29) is 23.5 Å². The molecule has 5 nitrogen and oxygen atoms in total. The summed E-state index contributed by atoms with van der Waals surface area (Å²) in [7, 11) is 0. The van der Waals surface area contributed by atoms with Crippen molar-refractivity contribution >= 4 is 90.3 Å². The summed E-state index contributed by atoms with van der Waals surface area (Å²) in [6.45, 7) is 22.8. The van der Waals surface area contributed by atoms with Crippen LogP contribution in [0.3, 0.4) is 0 Å². The van der Waals surface area contributed by atoms with E-state index in [0.717, 1.165) is 84.2 Å². The Bertz CT molecular complexity index is 3540. The van der Waals surface area contributed by atoms with Crippen molar-refractivity contribution < 1.29 is 13.3 Å². The lowest BCUT2D eigenvalue weighted by Gasteiger charge is -2.43. The molecule has 0 radical (unpaired) electrons. The summed E-state index contributed by atoms with van der Waals surface area (Å²) in [6.07, 6.45) is 0. The second-order valence-corrected chi connectivity index (χ2v) is 21.3. The molecule has 0 saturated heterocycles. The summed E-state index contributed by atoms with van der Waals surface area (Å²) in [6, 6.07) is 53.2. The van der Waals surface area contributed by atoms with Gasteiger partial charge in [-0.25, -0.2) is 0 Å². The lowest BCUT2D eigenvalue weighted by molar-refractivity contribution is 0.589. The molecule has 6 heteroatoms. The van der Waals surface area contributed by atoms with E-state index < -0.39 is 0 Å². The van der Waals surface area contributed by atoms with Crippen molar-refractivity contribution in [2.24, 2.45) is 0 Å².